The molecule has 0 aromatic heterocycles. The average molecular weight is 403 g/mol. The maximum Gasteiger partial charge on any atom is 0.243 e. The molecule has 3 rings (SSSR count). The number of rotatable bonds is 5. The molecule has 28 heavy (non-hydrogen) atoms. The number of hydrogen-bond acceptors (Lipinski definition) is 4. The lowest BCUT2D eigenvalue weighted by molar-refractivity contribution is 0.0872. The Morgan fingerprint density at radius 2 is 1.64 bits per heavy atom. The molecule has 1 aliphatic heterocycles. The van der Waals surface area contributed by atoms with E-state index >= 15 is 0 Å². The van der Waals surface area contributed by atoms with Gasteiger partial charge in [-0.1, -0.05) is 63.2 Å². The Bertz CT molecular complexity index is 874. The van der Waals surface area contributed by atoms with Crippen molar-refractivity contribution in [3.63, 3.8) is 0 Å². The van der Waals surface area contributed by atoms with Gasteiger partial charge in [-0.05, 0) is 28.7 Å². The Labute approximate surface area is 168 Å². The fraction of sp³-hybridized carbons (Fsp3) is 0.455. The minimum atomic E-state index is -3.64. The van der Waals surface area contributed by atoms with E-state index in [4.69, 9.17) is 0 Å². The molecule has 2 aromatic carbocycles. The fourth-order valence-corrected chi connectivity index (χ4v) is 5.21. The topological polar surface area (TPSA) is 60.9 Å². The van der Waals surface area contributed by atoms with E-state index < -0.39 is 16.1 Å². The molecule has 0 radical (unpaired) electrons. The van der Waals surface area contributed by atoms with Crippen LogP contribution >= 0.6 is 0 Å². The Kier molecular flexibility index (Phi) is 6.25. The molecular weight excluding hydrogens is 372 g/mol. The number of aliphatic hydroxyl groups is 1. The van der Waals surface area contributed by atoms with Crippen molar-refractivity contribution in [2.24, 2.45) is 0 Å². The zero-order valence-corrected chi connectivity index (χ0v) is 17.7. The van der Waals surface area contributed by atoms with Gasteiger partial charge < -0.3 is 5.11 Å². The molecule has 1 saturated heterocycles. The number of piperazine rings is 1. The lowest BCUT2D eigenvalue weighted by Gasteiger charge is -2.39. The van der Waals surface area contributed by atoms with E-state index in [1.165, 1.54) is 9.87 Å². The Morgan fingerprint density at radius 1 is 1.00 bits per heavy atom. The Morgan fingerprint density at radius 3 is 2.21 bits per heavy atom. The normalized spacial score (nSPS) is 19.6. The molecule has 152 valence electrons. The van der Waals surface area contributed by atoms with Gasteiger partial charge in [0, 0.05) is 26.2 Å². The largest absolute Gasteiger partial charge is 0.395 e. The van der Waals surface area contributed by atoms with Crippen LogP contribution < -0.4 is 0 Å². The second kappa shape index (κ2) is 8.33. The smallest absolute Gasteiger partial charge is 0.243 e. The average Bonchev–Trinajstić information content (AvgIpc) is 2.68. The summed E-state index contributed by atoms with van der Waals surface area (Å²) in [5.74, 6) is 0. The highest BCUT2D eigenvalue weighted by atomic mass is 32.2. The molecule has 0 spiro atoms. The predicted molar refractivity (Wildman–Crippen MR) is 112 cm³/mol. The number of sulfonamides is 1. The van der Waals surface area contributed by atoms with Gasteiger partial charge in [-0.15, -0.1) is 0 Å². The van der Waals surface area contributed by atoms with Gasteiger partial charge >= 0.3 is 0 Å². The predicted octanol–water partition coefficient (Wildman–Crippen LogP) is 2.85. The highest BCUT2D eigenvalue weighted by molar-refractivity contribution is 7.89. The molecule has 1 heterocycles. The van der Waals surface area contributed by atoms with Gasteiger partial charge in [-0.25, -0.2) is 8.42 Å². The zero-order chi connectivity index (χ0) is 20.4. The van der Waals surface area contributed by atoms with Gasteiger partial charge in [0.2, 0.25) is 10.0 Å². The molecule has 6 heteroatoms. The third-order valence-electron chi connectivity index (χ3n) is 5.30. The molecule has 0 unspecified atom stereocenters. The Hall–Kier alpha value is -1.73. The number of benzene rings is 2. The summed E-state index contributed by atoms with van der Waals surface area (Å²) in [5, 5.41) is 9.87. The standard InChI is InChI=1S/C22H30N2O3S/c1-22(2,3)19-9-11-21(12-10-19)28(26,27)24-14-13-23(16-20(24)17-25)15-18-7-5-4-6-8-18/h4-12,20,25H,13-17H2,1-3H3/t20-/m1/s1. The highest BCUT2D eigenvalue weighted by Gasteiger charge is 2.35. The van der Waals surface area contributed by atoms with Gasteiger partial charge in [0.1, 0.15) is 0 Å². The van der Waals surface area contributed by atoms with Crippen LogP contribution in [0.1, 0.15) is 31.9 Å². The van der Waals surface area contributed by atoms with E-state index in [0.717, 1.165) is 12.1 Å². The van der Waals surface area contributed by atoms with Crippen LogP contribution in [-0.2, 0) is 22.0 Å². The second-order valence-corrected chi connectivity index (χ2v) is 10.3. The van der Waals surface area contributed by atoms with E-state index in [9.17, 15) is 13.5 Å². The molecule has 1 aliphatic rings. The van der Waals surface area contributed by atoms with Crippen LogP contribution in [0.25, 0.3) is 0 Å². The van der Waals surface area contributed by atoms with Crippen molar-refractivity contribution < 1.29 is 13.5 Å². The molecular formula is C22H30N2O3S. The molecule has 2 aromatic rings. The minimum absolute atomic E-state index is 0.0288. The molecule has 0 aliphatic carbocycles. The maximum atomic E-state index is 13.2. The van der Waals surface area contributed by atoms with Gasteiger partial charge in [0.15, 0.2) is 0 Å². The van der Waals surface area contributed by atoms with Crippen LogP contribution in [0.2, 0.25) is 0 Å². The zero-order valence-electron chi connectivity index (χ0n) is 16.9. The van der Waals surface area contributed by atoms with E-state index in [0.29, 0.717) is 19.6 Å². The quantitative estimate of drug-likeness (QED) is 0.835. The van der Waals surface area contributed by atoms with Gasteiger partial charge in [-0.2, -0.15) is 4.31 Å². The van der Waals surface area contributed by atoms with Gasteiger partial charge in [0.25, 0.3) is 0 Å². The summed E-state index contributed by atoms with van der Waals surface area (Å²) in [5.41, 5.74) is 2.25. The maximum absolute atomic E-state index is 13.2. The molecule has 0 amide bonds. The van der Waals surface area contributed by atoms with Crippen molar-refractivity contribution in [2.75, 3.05) is 26.2 Å². The molecule has 0 saturated carbocycles. The number of aliphatic hydroxyl groups excluding tert-OH is 1. The third kappa shape index (κ3) is 4.63. The summed E-state index contributed by atoms with van der Waals surface area (Å²) in [6.45, 7) is 8.41. The summed E-state index contributed by atoms with van der Waals surface area (Å²) in [6.07, 6.45) is 0. The van der Waals surface area contributed by atoms with Crippen molar-refractivity contribution in [2.45, 2.75) is 43.7 Å². The summed E-state index contributed by atoms with van der Waals surface area (Å²) >= 11 is 0. The Balaban J connectivity index is 1.75. The van der Waals surface area contributed by atoms with Crippen molar-refractivity contribution in [3.05, 3.63) is 65.7 Å². The summed E-state index contributed by atoms with van der Waals surface area (Å²) in [7, 11) is -3.64. The molecule has 1 atom stereocenters. The fourth-order valence-electron chi connectivity index (χ4n) is 3.62. The van der Waals surface area contributed by atoms with Crippen molar-refractivity contribution in [1.82, 2.24) is 9.21 Å². The molecule has 5 nitrogen and oxygen atoms in total. The van der Waals surface area contributed by atoms with Crippen molar-refractivity contribution >= 4 is 10.0 Å². The summed E-state index contributed by atoms with van der Waals surface area (Å²) in [6, 6.07) is 16.8. The first-order valence-corrected chi connectivity index (χ1v) is 11.2. The monoisotopic (exact) mass is 402 g/mol. The lowest BCUT2D eigenvalue weighted by atomic mass is 9.87. The van der Waals surface area contributed by atoms with Crippen LogP contribution in [-0.4, -0.2) is 55.0 Å². The highest BCUT2D eigenvalue weighted by Crippen LogP contribution is 2.26. The molecule has 1 N–H and O–H groups in total. The lowest BCUT2D eigenvalue weighted by Crippen LogP contribution is -2.56. The van der Waals surface area contributed by atoms with Crippen LogP contribution in [0.3, 0.4) is 0 Å². The summed E-state index contributed by atoms with van der Waals surface area (Å²) in [4.78, 5) is 2.49. The van der Waals surface area contributed by atoms with E-state index in [1.807, 2.05) is 30.3 Å². The van der Waals surface area contributed by atoms with E-state index in [-0.39, 0.29) is 16.9 Å². The SMILES string of the molecule is CC(C)(C)c1ccc(S(=O)(=O)N2CCN(Cc3ccccc3)C[C@@H]2CO)cc1. The van der Waals surface area contributed by atoms with Gasteiger partial charge in [0.05, 0.1) is 17.5 Å². The van der Waals surface area contributed by atoms with Gasteiger partial charge in [-0.3, -0.25) is 4.90 Å². The first kappa shape index (κ1) is 21.0. The van der Waals surface area contributed by atoms with Crippen LogP contribution in [0, 0.1) is 0 Å². The van der Waals surface area contributed by atoms with E-state index in [2.05, 4.69) is 37.8 Å². The molecule has 1 fully saturated rings. The first-order chi connectivity index (χ1) is 13.2. The van der Waals surface area contributed by atoms with Crippen molar-refractivity contribution in [3.8, 4) is 0 Å². The van der Waals surface area contributed by atoms with Crippen LogP contribution in [0.15, 0.2) is 59.5 Å². The molecule has 0 bridgehead atoms. The second-order valence-electron chi connectivity index (χ2n) is 8.45. The van der Waals surface area contributed by atoms with Crippen LogP contribution in [0.5, 0.6) is 0 Å². The van der Waals surface area contributed by atoms with E-state index in [1.54, 1.807) is 12.1 Å². The first-order valence-electron chi connectivity index (χ1n) is 9.71. The minimum Gasteiger partial charge on any atom is -0.395 e. The number of hydrogen-bond donors (Lipinski definition) is 1. The van der Waals surface area contributed by atoms with Crippen LogP contribution in [0.4, 0.5) is 0 Å². The number of nitrogens with zero attached hydrogens (tertiary/aromatic N) is 2. The third-order valence-corrected chi connectivity index (χ3v) is 7.27. The van der Waals surface area contributed by atoms with Crippen molar-refractivity contribution in [1.29, 1.82) is 0 Å². The summed E-state index contributed by atoms with van der Waals surface area (Å²) < 4.78 is 27.8.